The minimum Gasteiger partial charge on any atom is -0.368 e. The lowest BCUT2D eigenvalue weighted by atomic mass is 10.0. The van der Waals surface area contributed by atoms with Gasteiger partial charge in [0.2, 0.25) is 0 Å². The second kappa shape index (κ2) is 4.45. The fraction of sp³-hybridized carbons (Fsp3) is 0.636. The van der Waals surface area contributed by atoms with Gasteiger partial charge in [-0.3, -0.25) is 4.79 Å². The van der Waals surface area contributed by atoms with Gasteiger partial charge in [0.05, 0.1) is 6.33 Å². The highest BCUT2D eigenvalue weighted by molar-refractivity contribution is 6.32. The molecular weight excluding hydrogens is 226 g/mol. The molecule has 1 fully saturated rings. The molecule has 5 heteroatoms. The van der Waals surface area contributed by atoms with E-state index in [9.17, 15) is 4.79 Å². The average Bonchev–Trinajstić information content (AvgIpc) is 3.02. The van der Waals surface area contributed by atoms with Crippen LogP contribution in [-0.2, 0) is 0 Å². The number of rotatable bonds is 5. The molecule has 1 saturated carbocycles. The van der Waals surface area contributed by atoms with Crippen LogP contribution in [-0.4, -0.2) is 16.5 Å². The van der Waals surface area contributed by atoms with E-state index >= 15 is 0 Å². The topological polar surface area (TPSA) is 57.8 Å². The van der Waals surface area contributed by atoms with Gasteiger partial charge in [0.1, 0.15) is 5.02 Å². The molecule has 1 aromatic heterocycles. The molecule has 1 aliphatic rings. The summed E-state index contributed by atoms with van der Waals surface area (Å²) >= 11 is 5.85. The Labute approximate surface area is 99.4 Å². The number of aromatic amines is 1. The van der Waals surface area contributed by atoms with Crippen LogP contribution < -0.4 is 10.9 Å². The molecule has 0 aliphatic heterocycles. The van der Waals surface area contributed by atoms with E-state index < -0.39 is 0 Å². The van der Waals surface area contributed by atoms with Crippen molar-refractivity contribution in [3.05, 3.63) is 21.7 Å². The van der Waals surface area contributed by atoms with Crippen molar-refractivity contribution < 1.29 is 0 Å². The summed E-state index contributed by atoms with van der Waals surface area (Å²) in [6.45, 7) is 3.05. The zero-order valence-electron chi connectivity index (χ0n) is 9.35. The van der Waals surface area contributed by atoms with Crippen molar-refractivity contribution in [2.75, 3.05) is 11.9 Å². The van der Waals surface area contributed by atoms with Crippen LogP contribution in [0.1, 0.15) is 32.6 Å². The molecule has 88 valence electrons. The van der Waals surface area contributed by atoms with Gasteiger partial charge in [-0.05, 0) is 24.7 Å². The molecule has 16 heavy (non-hydrogen) atoms. The van der Waals surface area contributed by atoms with Crippen molar-refractivity contribution in [1.29, 1.82) is 0 Å². The Morgan fingerprint density at radius 3 is 3.00 bits per heavy atom. The first-order valence-electron chi connectivity index (χ1n) is 5.64. The average molecular weight is 242 g/mol. The second-order valence-corrected chi connectivity index (χ2v) is 4.88. The van der Waals surface area contributed by atoms with E-state index in [4.69, 9.17) is 11.6 Å². The van der Waals surface area contributed by atoms with Crippen LogP contribution in [0.2, 0.25) is 5.02 Å². The smallest absolute Gasteiger partial charge is 0.271 e. The molecule has 0 amide bonds. The molecule has 2 N–H and O–H groups in total. The van der Waals surface area contributed by atoms with Crippen LogP contribution in [0.4, 0.5) is 5.82 Å². The van der Waals surface area contributed by atoms with Crippen molar-refractivity contribution in [2.24, 2.45) is 5.41 Å². The summed E-state index contributed by atoms with van der Waals surface area (Å²) in [5, 5.41) is 3.33. The minimum absolute atomic E-state index is 0.148. The Kier molecular flexibility index (Phi) is 3.19. The molecule has 1 heterocycles. The lowest BCUT2D eigenvalue weighted by molar-refractivity contribution is 0.485. The number of hydrogen-bond acceptors (Lipinski definition) is 3. The highest BCUT2D eigenvalue weighted by Crippen LogP contribution is 2.49. The summed E-state index contributed by atoms with van der Waals surface area (Å²) in [5.74, 6) is 0.493. The van der Waals surface area contributed by atoms with Gasteiger partial charge in [0.25, 0.3) is 5.56 Å². The highest BCUT2D eigenvalue weighted by atomic mass is 35.5. The van der Waals surface area contributed by atoms with Gasteiger partial charge >= 0.3 is 0 Å². The van der Waals surface area contributed by atoms with E-state index in [-0.39, 0.29) is 10.6 Å². The predicted octanol–water partition coefficient (Wildman–Crippen LogP) is 2.42. The second-order valence-electron chi connectivity index (χ2n) is 4.50. The fourth-order valence-electron chi connectivity index (χ4n) is 2.00. The Morgan fingerprint density at radius 2 is 2.38 bits per heavy atom. The molecule has 1 aliphatic carbocycles. The summed E-state index contributed by atoms with van der Waals surface area (Å²) in [6.07, 6.45) is 6.30. The molecule has 0 spiro atoms. The first-order chi connectivity index (χ1) is 7.67. The SMILES string of the molecule is CCCC1(CNc2nc[nH]c(=O)c2Cl)CC1. The summed E-state index contributed by atoms with van der Waals surface area (Å²) in [4.78, 5) is 17.7. The van der Waals surface area contributed by atoms with Gasteiger partial charge in [0.15, 0.2) is 5.82 Å². The first kappa shape index (κ1) is 11.5. The van der Waals surface area contributed by atoms with E-state index in [0.29, 0.717) is 11.2 Å². The molecular formula is C11H16ClN3O. The largest absolute Gasteiger partial charge is 0.368 e. The standard InChI is InChI=1S/C11H16ClN3O/c1-2-3-11(4-5-11)6-13-9-8(12)10(16)15-7-14-9/h7H,2-6H2,1H3,(H2,13,14,15,16). The van der Waals surface area contributed by atoms with Crippen LogP contribution in [0.25, 0.3) is 0 Å². The van der Waals surface area contributed by atoms with Crippen LogP contribution >= 0.6 is 11.6 Å². The van der Waals surface area contributed by atoms with Crippen molar-refractivity contribution in [3.63, 3.8) is 0 Å². The summed E-state index contributed by atoms with van der Waals surface area (Å²) in [5.41, 5.74) is 0.127. The maximum absolute atomic E-state index is 11.2. The molecule has 0 radical (unpaired) electrons. The molecule has 0 aromatic carbocycles. The normalized spacial score (nSPS) is 17.1. The van der Waals surface area contributed by atoms with Gasteiger partial charge in [-0.1, -0.05) is 24.9 Å². The van der Waals surface area contributed by atoms with Gasteiger partial charge in [-0.15, -0.1) is 0 Å². The Bertz CT molecular complexity index is 425. The van der Waals surface area contributed by atoms with E-state index in [2.05, 4.69) is 22.2 Å². The Balaban J connectivity index is 2.00. The minimum atomic E-state index is -0.292. The Hall–Kier alpha value is -1.03. The van der Waals surface area contributed by atoms with Crippen LogP contribution in [0.15, 0.2) is 11.1 Å². The third-order valence-electron chi connectivity index (χ3n) is 3.16. The van der Waals surface area contributed by atoms with Gasteiger partial charge < -0.3 is 10.3 Å². The summed E-state index contributed by atoms with van der Waals surface area (Å²) in [7, 11) is 0. The van der Waals surface area contributed by atoms with Gasteiger partial charge in [0, 0.05) is 6.54 Å². The fourth-order valence-corrected chi connectivity index (χ4v) is 2.17. The lowest BCUT2D eigenvalue weighted by Gasteiger charge is -2.15. The van der Waals surface area contributed by atoms with Crippen molar-refractivity contribution >= 4 is 17.4 Å². The van der Waals surface area contributed by atoms with Crippen molar-refractivity contribution in [1.82, 2.24) is 9.97 Å². The van der Waals surface area contributed by atoms with Gasteiger partial charge in [-0.2, -0.15) is 0 Å². The number of halogens is 1. The monoisotopic (exact) mass is 241 g/mol. The van der Waals surface area contributed by atoms with Crippen LogP contribution in [0.5, 0.6) is 0 Å². The maximum atomic E-state index is 11.2. The van der Waals surface area contributed by atoms with Gasteiger partial charge in [-0.25, -0.2) is 4.98 Å². The zero-order chi connectivity index (χ0) is 11.6. The molecule has 0 unspecified atom stereocenters. The highest BCUT2D eigenvalue weighted by Gasteiger charge is 2.41. The number of aromatic nitrogens is 2. The first-order valence-corrected chi connectivity index (χ1v) is 6.02. The third kappa shape index (κ3) is 2.38. The number of hydrogen-bond donors (Lipinski definition) is 2. The molecule has 0 atom stereocenters. The van der Waals surface area contributed by atoms with Crippen LogP contribution in [0, 0.1) is 5.41 Å². The molecule has 0 saturated heterocycles. The molecule has 0 bridgehead atoms. The summed E-state index contributed by atoms with van der Waals surface area (Å²) in [6, 6.07) is 0. The number of anilines is 1. The van der Waals surface area contributed by atoms with E-state index in [1.165, 1.54) is 32.0 Å². The molecule has 2 rings (SSSR count). The van der Waals surface area contributed by atoms with Crippen molar-refractivity contribution in [3.8, 4) is 0 Å². The third-order valence-corrected chi connectivity index (χ3v) is 3.52. The maximum Gasteiger partial charge on any atom is 0.271 e. The predicted molar refractivity (Wildman–Crippen MR) is 64.9 cm³/mol. The lowest BCUT2D eigenvalue weighted by Crippen LogP contribution is -2.18. The van der Waals surface area contributed by atoms with E-state index in [1.807, 2.05) is 0 Å². The summed E-state index contributed by atoms with van der Waals surface area (Å²) < 4.78 is 0. The number of nitrogens with one attached hydrogen (secondary N) is 2. The van der Waals surface area contributed by atoms with E-state index in [0.717, 1.165) is 6.54 Å². The van der Waals surface area contributed by atoms with Crippen LogP contribution in [0.3, 0.4) is 0 Å². The number of H-pyrrole nitrogens is 1. The zero-order valence-corrected chi connectivity index (χ0v) is 10.1. The molecule has 1 aromatic rings. The van der Waals surface area contributed by atoms with Crippen molar-refractivity contribution in [2.45, 2.75) is 32.6 Å². The molecule has 4 nitrogen and oxygen atoms in total. The number of nitrogens with zero attached hydrogens (tertiary/aromatic N) is 1. The quantitative estimate of drug-likeness (QED) is 0.833. The Morgan fingerprint density at radius 1 is 1.62 bits per heavy atom. The van der Waals surface area contributed by atoms with E-state index in [1.54, 1.807) is 0 Å².